The summed E-state index contributed by atoms with van der Waals surface area (Å²) < 4.78 is 6.01. The Morgan fingerprint density at radius 2 is 1.60 bits per heavy atom. The summed E-state index contributed by atoms with van der Waals surface area (Å²) in [4.78, 5) is 30.4. The lowest BCUT2D eigenvalue weighted by atomic mass is 10.1. The van der Waals surface area contributed by atoms with Crippen molar-refractivity contribution in [1.29, 1.82) is 0 Å². The zero-order valence-electron chi connectivity index (χ0n) is 23.7. The van der Waals surface area contributed by atoms with Gasteiger partial charge in [0.1, 0.15) is 0 Å². The highest BCUT2D eigenvalue weighted by Crippen LogP contribution is 2.36. The third kappa shape index (κ3) is 7.96. The molecule has 0 bridgehead atoms. The van der Waals surface area contributed by atoms with Crippen LogP contribution in [0.1, 0.15) is 49.2 Å². The number of amides is 2. The normalized spacial score (nSPS) is 14.2. The summed E-state index contributed by atoms with van der Waals surface area (Å²) in [6.07, 6.45) is 1.71. The predicted molar refractivity (Wildman–Crippen MR) is 163 cm³/mol. The minimum absolute atomic E-state index is 0.110. The molecule has 1 N–H and O–H groups in total. The first-order valence-corrected chi connectivity index (χ1v) is 14.2. The molecule has 0 spiro atoms. The molecule has 2 amide bonds. The molecule has 3 aromatic rings. The van der Waals surface area contributed by atoms with E-state index in [0.717, 1.165) is 30.8 Å². The molecule has 0 saturated carbocycles. The zero-order chi connectivity index (χ0) is 28.6. The van der Waals surface area contributed by atoms with Crippen LogP contribution >= 0.6 is 11.6 Å². The fourth-order valence-corrected chi connectivity index (χ4v) is 4.92. The first kappa shape index (κ1) is 29.4. The van der Waals surface area contributed by atoms with Crippen molar-refractivity contribution in [2.24, 2.45) is 11.8 Å². The second-order valence-electron chi connectivity index (χ2n) is 11.0. The smallest absolute Gasteiger partial charge is 0.294 e. The molecule has 0 atom stereocenters. The fraction of sp³-hybridized carbons (Fsp3) is 0.333. The van der Waals surface area contributed by atoms with E-state index < -0.39 is 0 Å². The number of carbonyl (C=O) groups is 2. The molecule has 1 heterocycles. The molecule has 3 aromatic carbocycles. The van der Waals surface area contributed by atoms with Crippen LogP contribution in [0.25, 0.3) is 6.08 Å². The first-order valence-electron chi connectivity index (χ1n) is 13.8. The van der Waals surface area contributed by atoms with Gasteiger partial charge in [-0.2, -0.15) is 0 Å². The lowest BCUT2D eigenvalue weighted by molar-refractivity contribution is -0.117. The number of rotatable bonds is 11. The second-order valence-corrected chi connectivity index (χ2v) is 11.5. The highest BCUT2D eigenvalue weighted by molar-refractivity contribution is 6.30. The van der Waals surface area contributed by atoms with Gasteiger partial charge in [-0.3, -0.25) is 14.5 Å². The van der Waals surface area contributed by atoms with Crippen molar-refractivity contribution in [3.05, 3.63) is 100 Å². The Hall–Kier alpha value is -3.61. The van der Waals surface area contributed by atoms with Crippen LogP contribution < -0.4 is 15.0 Å². The summed E-state index contributed by atoms with van der Waals surface area (Å²) in [5.41, 5.74) is 3.02. The van der Waals surface area contributed by atoms with Crippen molar-refractivity contribution in [2.45, 2.75) is 34.2 Å². The topological polar surface area (TPSA) is 61.9 Å². The lowest BCUT2D eigenvalue weighted by Gasteiger charge is -2.30. The van der Waals surface area contributed by atoms with Gasteiger partial charge in [-0.25, -0.2) is 0 Å². The number of ether oxygens (including phenoxy) is 1. The number of para-hydroxylation sites is 2. The van der Waals surface area contributed by atoms with Gasteiger partial charge in [-0.15, -0.1) is 0 Å². The molecular formula is C33H38ClN3O3. The average molecular weight is 560 g/mol. The van der Waals surface area contributed by atoms with E-state index in [2.05, 4.69) is 37.9 Å². The van der Waals surface area contributed by atoms with E-state index in [-0.39, 0.29) is 17.6 Å². The lowest BCUT2D eigenvalue weighted by Crippen LogP contribution is -2.38. The third-order valence-corrected chi connectivity index (χ3v) is 6.77. The standard InChI is InChI=1S/C33H38ClN3O3/c1-23(2)20-36(21-24(3)4)18-17-35-32(38)27-13-9-25(10-14-27)19-31-33(39)37(22-26-11-15-28(34)16-12-26)29-7-5-6-8-30(29)40-31/h5-16,19,23-24H,17-18,20-22H2,1-4H3,(H,35,38)/b31-19-. The molecule has 0 unspecified atom stereocenters. The van der Waals surface area contributed by atoms with Crippen LogP contribution in [0.4, 0.5) is 5.69 Å². The number of nitrogens with zero attached hydrogens (tertiary/aromatic N) is 2. The summed E-state index contributed by atoms with van der Waals surface area (Å²) in [5.74, 6) is 1.65. The molecule has 7 heteroatoms. The number of fused-ring (bicyclic) bond motifs is 1. The van der Waals surface area contributed by atoms with E-state index in [1.807, 2.05) is 60.7 Å². The molecule has 0 radical (unpaired) electrons. The number of nitrogens with one attached hydrogen (secondary N) is 1. The van der Waals surface area contributed by atoms with Crippen LogP contribution in [0.2, 0.25) is 5.02 Å². The van der Waals surface area contributed by atoms with Gasteiger partial charge in [-0.05, 0) is 65.4 Å². The highest BCUT2D eigenvalue weighted by atomic mass is 35.5. The summed E-state index contributed by atoms with van der Waals surface area (Å²) in [6.45, 7) is 12.7. The Labute approximate surface area is 242 Å². The third-order valence-electron chi connectivity index (χ3n) is 6.52. The van der Waals surface area contributed by atoms with Gasteiger partial charge in [0.05, 0.1) is 12.2 Å². The van der Waals surface area contributed by atoms with Crippen molar-refractivity contribution >= 4 is 35.2 Å². The minimum atomic E-state index is -0.234. The molecular weight excluding hydrogens is 522 g/mol. The van der Waals surface area contributed by atoms with Crippen LogP contribution in [0.3, 0.4) is 0 Å². The Morgan fingerprint density at radius 3 is 2.25 bits per heavy atom. The van der Waals surface area contributed by atoms with E-state index in [0.29, 0.717) is 46.9 Å². The molecule has 210 valence electrons. The molecule has 1 aliphatic heterocycles. The van der Waals surface area contributed by atoms with E-state index in [1.54, 1.807) is 23.1 Å². The van der Waals surface area contributed by atoms with Crippen molar-refractivity contribution < 1.29 is 14.3 Å². The summed E-state index contributed by atoms with van der Waals surface area (Å²) >= 11 is 6.04. The Morgan fingerprint density at radius 1 is 0.950 bits per heavy atom. The number of carbonyl (C=O) groups excluding carboxylic acids is 2. The Kier molecular flexibility index (Phi) is 10.0. The van der Waals surface area contributed by atoms with Gasteiger partial charge in [0, 0.05) is 36.8 Å². The van der Waals surface area contributed by atoms with E-state index in [1.165, 1.54) is 0 Å². The number of benzene rings is 3. The monoisotopic (exact) mass is 559 g/mol. The second kappa shape index (κ2) is 13.6. The SMILES string of the molecule is CC(C)CN(CCNC(=O)c1ccc(/C=C2\Oc3ccccc3N(Cc3ccc(Cl)cc3)C2=O)cc1)CC(C)C. The van der Waals surface area contributed by atoms with Crippen LogP contribution in [0.5, 0.6) is 5.75 Å². The van der Waals surface area contributed by atoms with Gasteiger partial charge < -0.3 is 15.0 Å². The van der Waals surface area contributed by atoms with Crippen molar-refractivity contribution in [1.82, 2.24) is 10.2 Å². The molecule has 4 rings (SSSR count). The van der Waals surface area contributed by atoms with Gasteiger partial charge in [0.25, 0.3) is 11.8 Å². The fourth-order valence-electron chi connectivity index (χ4n) is 4.79. The molecule has 0 aliphatic carbocycles. The largest absolute Gasteiger partial charge is 0.449 e. The number of hydrogen-bond donors (Lipinski definition) is 1. The molecule has 1 aliphatic rings. The predicted octanol–water partition coefficient (Wildman–Crippen LogP) is 6.65. The van der Waals surface area contributed by atoms with Crippen molar-refractivity contribution in [3.8, 4) is 5.75 Å². The van der Waals surface area contributed by atoms with Crippen LogP contribution in [0.15, 0.2) is 78.6 Å². The molecule has 0 fully saturated rings. The maximum atomic E-state index is 13.5. The number of halogens is 1. The van der Waals surface area contributed by atoms with Gasteiger partial charge in [0.15, 0.2) is 11.5 Å². The molecule has 40 heavy (non-hydrogen) atoms. The Balaban J connectivity index is 1.43. The highest BCUT2D eigenvalue weighted by Gasteiger charge is 2.30. The minimum Gasteiger partial charge on any atom is -0.449 e. The van der Waals surface area contributed by atoms with Gasteiger partial charge in [0.2, 0.25) is 0 Å². The van der Waals surface area contributed by atoms with E-state index in [4.69, 9.17) is 16.3 Å². The Bertz CT molecular complexity index is 1320. The zero-order valence-corrected chi connectivity index (χ0v) is 24.4. The van der Waals surface area contributed by atoms with Crippen molar-refractivity contribution in [2.75, 3.05) is 31.1 Å². The van der Waals surface area contributed by atoms with E-state index >= 15 is 0 Å². The summed E-state index contributed by atoms with van der Waals surface area (Å²) in [7, 11) is 0. The average Bonchev–Trinajstić information content (AvgIpc) is 2.91. The number of hydrogen-bond acceptors (Lipinski definition) is 4. The maximum absolute atomic E-state index is 13.5. The molecule has 0 aromatic heterocycles. The molecule has 0 saturated heterocycles. The van der Waals surface area contributed by atoms with Crippen LogP contribution in [-0.4, -0.2) is 42.9 Å². The first-order chi connectivity index (χ1) is 19.2. The summed E-state index contributed by atoms with van der Waals surface area (Å²) in [5, 5.41) is 3.69. The summed E-state index contributed by atoms with van der Waals surface area (Å²) in [6, 6.07) is 22.1. The van der Waals surface area contributed by atoms with Crippen LogP contribution in [0, 0.1) is 11.8 Å². The van der Waals surface area contributed by atoms with E-state index in [9.17, 15) is 9.59 Å². The van der Waals surface area contributed by atoms with Gasteiger partial charge >= 0.3 is 0 Å². The molecule has 6 nitrogen and oxygen atoms in total. The van der Waals surface area contributed by atoms with Crippen molar-refractivity contribution in [3.63, 3.8) is 0 Å². The number of anilines is 1. The maximum Gasteiger partial charge on any atom is 0.294 e. The quantitative estimate of drug-likeness (QED) is 0.267. The van der Waals surface area contributed by atoms with Crippen LogP contribution in [-0.2, 0) is 11.3 Å². The van der Waals surface area contributed by atoms with Gasteiger partial charge in [-0.1, -0.05) is 75.7 Å².